The molecule has 2 aromatic carbocycles. The van der Waals surface area contributed by atoms with Gasteiger partial charge in [0.15, 0.2) is 5.13 Å². The summed E-state index contributed by atoms with van der Waals surface area (Å²) in [6.45, 7) is 0. The van der Waals surface area contributed by atoms with Crippen LogP contribution in [-0.2, 0) is 0 Å². The van der Waals surface area contributed by atoms with Crippen molar-refractivity contribution in [3.8, 4) is 22.6 Å². The monoisotopic (exact) mass is 515 g/mol. The number of carboxylic acids is 1. The first-order chi connectivity index (χ1) is 15.8. The molecule has 0 spiro atoms. The second-order valence-electron chi connectivity index (χ2n) is 7.11. The molecular weight excluding hydrogens is 501 g/mol. The van der Waals surface area contributed by atoms with Gasteiger partial charge in [0.2, 0.25) is 0 Å². The number of hydrogen-bond donors (Lipinski definition) is 3. The smallest absolute Gasteiger partial charge is 0.335 e. The minimum atomic E-state index is -1.17. The van der Waals surface area contributed by atoms with Crippen molar-refractivity contribution >= 4 is 57.5 Å². The van der Waals surface area contributed by atoms with E-state index < -0.39 is 17.2 Å². The lowest BCUT2D eigenvalue weighted by molar-refractivity contribution is 0.0697. The summed E-state index contributed by atoms with van der Waals surface area (Å²) in [6.07, 6.45) is 0. The van der Waals surface area contributed by atoms with Gasteiger partial charge >= 0.3 is 11.7 Å². The van der Waals surface area contributed by atoms with Gasteiger partial charge in [0.05, 0.1) is 22.5 Å². The summed E-state index contributed by atoms with van der Waals surface area (Å²) in [6, 6.07) is 14.3. The van der Waals surface area contributed by atoms with Crippen molar-refractivity contribution in [2.45, 2.75) is 0 Å². The fourth-order valence-corrected chi connectivity index (χ4v) is 4.48. The predicted molar refractivity (Wildman–Crippen MR) is 134 cm³/mol. The molecule has 4 N–H and O–H groups in total. The zero-order valence-corrected chi connectivity index (χ0v) is 19.4. The second-order valence-corrected chi connectivity index (χ2v) is 8.39. The molecule has 0 bridgehead atoms. The number of nitrogens with two attached hydrogens (primary N) is 1. The Morgan fingerprint density at radius 1 is 1.06 bits per heavy atom. The molecule has 0 aliphatic heterocycles. The number of anilines is 1. The second kappa shape index (κ2) is 8.82. The Bertz CT molecular complexity index is 1670. The molecule has 5 aromatic rings. The number of carbonyl (C=O) groups is 1. The number of aromatic nitrogens is 4. The summed E-state index contributed by atoms with van der Waals surface area (Å²) in [7, 11) is 0. The largest absolute Gasteiger partial charge is 0.478 e. The molecule has 0 radical (unpaired) electrons. The summed E-state index contributed by atoms with van der Waals surface area (Å²) >= 11 is 7.78. The van der Waals surface area contributed by atoms with Gasteiger partial charge in [-0.2, -0.15) is 0 Å². The molecule has 3 aromatic heterocycles. The third kappa shape index (κ3) is 3.87. The lowest BCUT2D eigenvalue weighted by Gasteiger charge is -2.10. The molecule has 0 unspecified atom stereocenters. The van der Waals surface area contributed by atoms with Gasteiger partial charge in [0, 0.05) is 16.6 Å². The number of aromatic amines is 1. The molecule has 9 nitrogen and oxygen atoms in total. The van der Waals surface area contributed by atoms with E-state index in [-0.39, 0.29) is 39.8 Å². The molecule has 3 heterocycles. The molecule has 0 aliphatic carbocycles. The van der Waals surface area contributed by atoms with E-state index in [1.165, 1.54) is 46.2 Å². The Labute approximate surface area is 206 Å². The maximum atomic E-state index is 13.4. The number of thiazole rings is 1. The van der Waals surface area contributed by atoms with Crippen molar-refractivity contribution in [1.82, 2.24) is 19.1 Å². The molecule has 12 heteroatoms. The van der Waals surface area contributed by atoms with Crippen LogP contribution in [-0.4, -0.2) is 30.2 Å². The highest BCUT2D eigenvalue weighted by Crippen LogP contribution is 2.28. The van der Waals surface area contributed by atoms with E-state index in [0.29, 0.717) is 10.8 Å². The number of carboxylic acid groups (broad SMARTS) is 1. The minimum absolute atomic E-state index is 0. The summed E-state index contributed by atoms with van der Waals surface area (Å²) in [5.41, 5.74) is 7.02. The maximum absolute atomic E-state index is 13.4. The van der Waals surface area contributed by atoms with E-state index >= 15 is 0 Å². The van der Waals surface area contributed by atoms with Gasteiger partial charge in [0.25, 0.3) is 5.56 Å². The number of hydrogen-bond acceptors (Lipinski definition) is 6. The van der Waals surface area contributed by atoms with Crippen molar-refractivity contribution in [1.29, 1.82) is 0 Å². The van der Waals surface area contributed by atoms with Gasteiger partial charge in [-0.25, -0.2) is 19.1 Å². The molecule has 34 heavy (non-hydrogen) atoms. The predicted octanol–water partition coefficient (Wildman–Crippen LogP) is 3.95. The number of fused-ring (bicyclic) bond motifs is 1. The number of H-pyrrole nitrogens is 1. The number of nitrogen functional groups attached to an aromatic ring is 1. The highest BCUT2D eigenvalue weighted by Gasteiger charge is 2.18. The normalized spacial score (nSPS) is 10.9. The highest BCUT2D eigenvalue weighted by atomic mass is 35.5. The average Bonchev–Trinajstić information content (AvgIpc) is 3.36. The first-order valence-corrected chi connectivity index (χ1v) is 10.8. The van der Waals surface area contributed by atoms with E-state index in [1.807, 2.05) is 17.5 Å². The van der Waals surface area contributed by atoms with Crippen LogP contribution in [0.25, 0.3) is 33.7 Å². The number of aromatic carboxylic acids is 1. The van der Waals surface area contributed by atoms with E-state index in [9.17, 15) is 19.5 Å². The van der Waals surface area contributed by atoms with Gasteiger partial charge in [-0.1, -0.05) is 29.8 Å². The van der Waals surface area contributed by atoms with Crippen molar-refractivity contribution in [2.24, 2.45) is 0 Å². The van der Waals surface area contributed by atoms with E-state index in [0.717, 1.165) is 15.8 Å². The van der Waals surface area contributed by atoms with Crippen molar-refractivity contribution in [3.63, 3.8) is 0 Å². The van der Waals surface area contributed by atoms with Crippen LogP contribution in [0.15, 0.2) is 69.6 Å². The topological polar surface area (TPSA) is 136 Å². The first-order valence-electron chi connectivity index (χ1n) is 9.55. The van der Waals surface area contributed by atoms with Crippen LogP contribution in [0.2, 0.25) is 5.15 Å². The van der Waals surface area contributed by atoms with Crippen LogP contribution >= 0.6 is 35.3 Å². The Kier molecular flexibility index (Phi) is 6.05. The zero-order valence-electron chi connectivity index (χ0n) is 17.1. The Balaban J connectivity index is 0.00000274. The molecular formula is C22H15Cl2N5O4S. The summed E-state index contributed by atoms with van der Waals surface area (Å²) in [5.74, 6) is -1.17. The number of halogens is 2. The number of rotatable bonds is 4. The quantitative estimate of drug-likeness (QED) is 0.331. The van der Waals surface area contributed by atoms with Crippen LogP contribution in [0, 0.1) is 0 Å². The van der Waals surface area contributed by atoms with Crippen LogP contribution in [0.1, 0.15) is 10.4 Å². The zero-order chi connectivity index (χ0) is 23.3. The van der Waals surface area contributed by atoms with Gasteiger partial charge < -0.3 is 15.8 Å². The molecule has 0 amide bonds. The highest BCUT2D eigenvalue weighted by molar-refractivity contribution is 7.13. The van der Waals surface area contributed by atoms with Gasteiger partial charge in [-0.05, 0) is 36.4 Å². The fraction of sp³-hybridized carbons (Fsp3) is 0. The van der Waals surface area contributed by atoms with Gasteiger partial charge in [-0.15, -0.1) is 23.7 Å². The Morgan fingerprint density at radius 2 is 1.79 bits per heavy atom. The third-order valence-corrected chi connectivity index (χ3v) is 6.05. The fourth-order valence-electron chi connectivity index (χ4n) is 3.62. The van der Waals surface area contributed by atoms with E-state index in [4.69, 9.17) is 17.3 Å². The lowest BCUT2D eigenvalue weighted by atomic mass is 10.1. The van der Waals surface area contributed by atoms with Crippen molar-refractivity contribution in [2.75, 3.05) is 5.73 Å². The average molecular weight is 516 g/mol. The molecule has 0 fully saturated rings. The van der Waals surface area contributed by atoms with Gasteiger partial charge in [-0.3, -0.25) is 9.36 Å². The lowest BCUT2D eigenvalue weighted by Crippen LogP contribution is -2.34. The summed E-state index contributed by atoms with van der Waals surface area (Å²) < 4.78 is 2.40. The van der Waals surface area contributed by atoms with Crippen LogP contribution < -0.4 is 17.0 Å². The SMILES string of the molecule is Cl.Nc1nc(-c2ccc(-n3c(Cl)cc4[nH]c(=O)n(-c5cccc(C(=O)O)c5)c(=O)c43)cc2)cs1. The number of benzene rings is 2. The van der Waals surface area contributed by atoms with Crippen LogP contribution in [0.4, 0.5) is 5.13 Å². The van der Waals surface area contributed by atoms with Crippen molar-refractivity contribution in [3.05, 3.63) is 91.5 Å². The molecule has 0 aliphatic rings. The Hall–Kier alpha value is -3.86. The summed E-state index contributed by atoms with van der Waals surface area (Å²) in [4.78, 5) is 44.4. The van der Waals surface area contributed by atoms with E-state index in [1.54, 1.807) is 12.1 Å². The standard InChI is InChI=1S/C22H14ClN5O4S.ClH/c23-17-9-15-18(27(17)13-6-4-11(5-7-13)16-10-33-21(24)25-16)19(29)28(22(32)26-15)14-3-1-2-12(8-14)20(30)31;/h1-10H,(H2,24,25)(H,26,32)(H,30,31);1H. The minimum Gasteiger partial charge on any atom is -0.478 e. The molecule has 0 atom stereocenters. The van der Waals surface area contributed by atoms with Crippen LogP contribution in [0.3, 0.4) is 0 Å². The molecule has 172 valence electrons. The molecule has 5 rings (SSSR count). The molecule has 0 saturated carbocycles. The number of nitrogens with one attached hydrogen (secondary N) is 1. The van der Waals surface area contributed by atoms with Crippen LogP contribution in [0.5, 0.6) is 0 Å². The number of nitrogens with zero attached hydrogens (tertiary/aromatic N) is 3. The Morgan fingerprint density at radius 3 is 2.44 bits per heavy atom. The van der Waals surface area contributed by atoms with Gasteiger partial charge in [0.1, 0.15) is 10.7 Å². The van der Waals surface area contributed by atoms with E-state index in [2.05, 4.69) is 9.97 Å². The maximum Gasteiger partial charge on any atom is 0.335 e. The first kappa shape index (κ1) is 23.3. The summed E-state index contributed by atoms with van der Waals surface area (Å²) in [5, 5.41) is 11.8. The third-order valence-electron chi connectivity index (χ3n) is 5.10. The molecule has 0 saturated heterocycles. The van der Waals surface area contributed by atoms with Crippen molar-refractivity contribution < 1.29 is 9.90 Å².